The van der Waals surface area contributed by atoms with Gasteiger partial charge >= 0.3 is 0 Å². The van der Waals surface area contributed by atoms with Crippen LogP contribution in [0, 0.1) is 0 Å². The van der Waals surface area contributed by atoms with Crippen LogP contribution in [-0.4, -0.2) is 37.5 Å². The number of para-hydroxylation sites is 1. The Kier molecular flexibility index (Phi) is 5.91. The Morgan fingerprint density at radius 2 is 2.16 bits per heavy atom. The number of rotatable bonds is 6. The summed E-state index contributed by atoms with van der Waals surface area (Å²) < 4.78 is 11.1. The molecular formula is C14H20N2O2S. The molecule has 1 aromatic carbocycles. The van der Waals surface area contributed by atoms with Crippen LogP contribution in [0.1, 0.15) is 12.8 Å². The lowest BCUT2D eigenvalue weighted by Crippen LogP contribution is -2.40. The van der Waals surface area contributed by atoms with Gasteiger partial charge < -0.3 is 20.1 Å². The summed E-state index contributed by atoms with van der Waals surface area (Å²) in [6.07, 6.45) is 2.57. The van der Waals surface area contributed by atoms with E-state index in [9.17, 15) is 0 Å². The summed E-state index contributed by atoms with van der Waals surface area (Å²) in [6, 6.07) is 9.75. The third-order valence-corrected chi connectivity index (χ3v) is 3.20. The van der Waals surface area contributed by atoms with Crippen LogP contribution in [0.5, 0.6) is 5.75 Å². The molecule has 2 N–H and O–H groups in total. The van der Waals surface area contributed by atoms with E-state index in [1.807, 2.05) is 30.3 Å². The highest BCUT2D eigenvalue weighted by Crippen LogP contribution is 2.10. The first-order valence-corrected chi connectivity index (χ1v) is 7.06. The van der Waals surface area contributed by atoms with Gasteiger partial charge in [0.25, 0.3) is 0 Å². The van der Waals surface area contributed by atoms with Crippen LogP contribution in [-0.2, 0) is 4.74 Å². The van der Waals surface area contributed by atoms with Gasteiger partial charge in [-0.2, -0.15) is 0 Å². The fraction of sp³-hybridized carbons (Fsp3) is 0.500. The lowest BCUT2D eigenvalue weighted by Gasteiger charge is -2.14. The van der Waals surface area contributed by atoms with Crippen molar-refractivity contribution in [1.29, 1.82) is 0 Å². The van der Waals surface area contributed by atoms with E-state index >= 15 is 0 Å². The van der Waals surface area contributed by atoms with Crippen molar-refractivity contribution in [2.75, 3.05) is 26.3 Å². The van der Waals surface area contributed by atoms with Gasteiger partial charge in [-0.05, 0) is 37.2 Å². The molecule has 1 atom stereocenters. The minimum atomic E-state index is 0.306. The molecule has 1 fully saturated rings. The Labute approximate surface area is 119 Å². The zero-order valence-electron chi connectivity index (χ0n) is 10.9. The maximum Gasteiger partial charge on any atom is 0.166 e. The molecule has 0 saturated carbocycles. The van der Waals surface area contributed by atoms with Gasteiger partial charge in [-0.3, -0.25) is 0 Å². The number of benzene rings is 1. The second-order valence-electron chi connectivity index (χ2n) is 4.43. The van der Waals surface area contributed by atoms with E-state index in [-0.39, 0.29) is 0 Å². The molecule has 0 aromatic heterocycles. The first-order chi connectivity index (χ1) is 9.34. The minimum absolute atomic E-state index is 0.306. The molecule has 0 radical (unpaired) electrons. The first kappa shape index (κ1) is 14.1. The lowest BCUT2D eigenvalue weighted by atomic mass is 10.2. The van der Waals surface area contributed by atoms with Crippen molar-refractivity contribution < 1.29 is 9.47 Å². The Morgan fingerprint density at radius 1 is 1.32 bits per heavy atom. The smallest absolute Gasteiger partial charge is 0.166 e. The Morgan fingerprint density at radius 3 is 2.89 bits per heavy atom. The van der Waals surface area contributed by atoms with Crippen molar-refractivity contribution in [3.05, 3.63) is 30.3 Å². The predicted octanol–water partition coefficient (Wildman–Crippen LogP) is 1.71. The number of hydrogen-bond acceptors (Lipinski definition) is 3. The fourth-order valence-electron chi connectivity index (χ4n) is 1.92. The number of nitrogens with one attached hydrogen (secondary N) is 2. The summed E-state index contributed by atoms with van der Waals surface area (Å²) in [4.78, 5) is 0. The van der Waals surface area contributed by atoms with Crippen LogP contribution in [0.2, 0.25) is 0 Å². The van der Waals surface area contributed by atoms with Crippen molar-refractivity contribution in [3.8, 4) is 5.75 Å². The molecule has 2 rings (SSSR count). The van der Waals surface area contributed by atoms with Gasteiger partial charge in [0, 0.05) is 13.2 Å². The Bertz CT molecular complexity index is 380. The molecule has 1 aliphatic heterocycles. The van der Waals surface area contributed by atoms with Gasteiger partial charge in [0.2, 0.25) is 0 Å². The van der Waals surface area contributed by atoms with Gasteiger partial charge in [-0.15, -0.1) is 0 Å². The van der Waals surface area contributed by atoms with Crippen LogP contribution in [0.3, 0.4) is 0 Å². The standard InChI is InChI=1S/C14H20N2O2S/c19-14(16-11-13-7-4-9-17-13)15-8-10-18-12-5-2-1-3-6-12/h1-3,5-6,13H,4,7-11H2,(H2,15,16,19)/t13-/m1/s1. The zero-order valence-corrected chi connectivity index (χ0v) is 11.7. The Balaban J connectivity index is 1.51. The van der Waals surface area contributed by atoms with Crippen LogP contribution >= 0.6 is 12.2 Å². The molecule has 0 amide bonds. The largest absolute Gasteiger partial charge is 0.492 e. The van der Waals surface area contributed by atoms with Crippen LogP contribution in [0.4, 0.5) is 0 Å². The first-order valence-electron chi connectivity index (χ1n) is 6.66. The van der Waals surface area contributed by atoms with E-state index in [0.29, 0.717) is 24.4 Å². The minimum Gasteiger partial charge on any atom is -0.492 e. The summed E-state index contributed by atoms with van der Waals surface area (Å²) in [5.74, 6) is 0.877. The average Bonchev–Trinajstić information content (AvgIpc) is 2.96. The van der Waals surface area contributed by atoms with Crippen molar-refractivity contribution in [1.82, 2.24) is 10.6 Å². The van der Waals surface area contributed by atoms with E-state index < -0.39 is 0 Å². The SMILES string of the molecule is S=C(NCCOc1ccccc1)NC[C@H]1CCCO1. The van der Waals surface area contributed by atoms with E-state index in [1.165, 1.54) is 0 Å². The van der Waals surface area contributed by atoms with Crippen molar-refractivity contribution >= 4 is 17.3 Å². The van der Waals surface area contributed by atoms with E-state index in [0.717, 1.165) is 31.7 Å². The summed E-state index contributed by atoms with van der Waals surface area (Å²) in [7, 11) is 0. The van der Waals surface area contributed by atoms with Crippen molar-refractivity contribution in [3.63, 3.8) is 0 Å². The molecule has 1 aliphatic rings. The number of ether oxygens (including phenoxy) is 2. The van der Waals surface area contributed by atoms with E-state index in [4.69, 9.17) is 21.7 Å². The number of hydrogen-bond donors (Lipinski definition) is 2. The highest BCUT2D eigenvalue weighted by molar-refractivity contribution is 7.80. The maximum absolute atomic E-state index is 5.56. The second-order valence-corrected chi connectivity index (χ2v) is 4.84. The number of thiocarbonyl (C=S) groups is 1. The molecule has 4 nitrogen and oxygen atoms in total. The Hall–Kier alpha value is -1.33. The van der Waals surface area contributed by atoms with Gasteiger partial charge in [0.05, 0.1) is 12.6 Å². The zero-order chi connectivity index (χ0) is 13.3. The van der Waals surface area contributed by atoms with Gasteiger partial charge in [-0.25, -0.2) is 0 Å². The fourth-order valence-corrected chi connectivity index (χ4v) is 2.11. The molecule has 0 bridgehead atoms. The highest BCUT2D eigenvalue weighted by Gasteiger charge is 2.14. The van der Waals surface area contributed by atoms with E-state index in [1.54, 1.807) is 0 Å². The van der Waals surface area contributed by atoms with Crippen LogP contribution in [0.15, 0.2) is 30.3 Å². The van der Waals surface area contributed by atoms with Crippen LogP contribution in [0.25, 0.3) is 0 Å². The quantitative estimate of drug-likeness (QED) is 0.613. The highest BCUT2D eigenvalue weighted by atomic mass is 32.1. The summed E-state index contributed by atoms with van der Waals surface area (Å²) in [6.45, 7) is 2.93. The summed E-state index contributed by atoms with van der Waals surface area (Å²) >= 11 is 5.19. The van der Waals surface area contributed by atoms with Gasteiger partial charge in [0.1, 0.15) is 12.4 Å². The van der Waals surface area contributed by atoms with Crippen LogP contribution < -0.4 is 15.4 Å². The molecule has 19 heavy (non-hydrogen) atoms. The lowest BCUT2D eigenvalue weighted by molar-refractivity contribution is 0.114. The molecule has 104 valence electrons. The third kappa shape index (κ3) is 5.44. The van der Waals surface area contributed by atoms with Gasteiger partial charge in [0.15, 0.2) is 5.11 Å². The normalized spacial score (nSPS) is 18.0. The molecule has 5 heteroatoms. The molecule has 1 aromatic rings. The summed E-state index contributed by atoms with van der Waals surface area (Å²) in [5, 5.41) is 6.94. The topological polar surface area (TPSA) is 42.5 Å². The molecule has 1 saturated heterocycles. The summed E-state index contributed by atoms with van der Waals surface area (Å²) in [5.41, 5.74) is 0. The average molecular weight is 280 g/mol. The second kappa shape index (κ2) is 7.96. The molecule has 1 heterocycles. The maximum atomic E-state index is 5.56. The molecule has 0 unspecified atom stereocenters. The van der Waals surface area contributed by atoms with Crippen molar-refractivity contribution in [2.45, 2.75) is 18.9 Å². The van der Waals surface area contributed by atoms with Gasteiger partial charge in [-0.1, -0.05) is 18.2 Å². The van der Waals surface area contributed by atoms with E-state index in [2.05, 4.69) is 10.6 Å². The molecule has 0 aliphatic carbocycles. The molecule has 0 spiro atoms. The third-order valence-electron chi connectivity index (χ3n) is 2.91. The van der Waals surface area contributed by atoms with Crippen molar-refractivity contribution in [2.24, 2.45) is 0 Å². The monoisotopic (exact) mass is 280 g/mol. The predicted molar refractivity (Wildman–Crippen MR) is 79.5 cm³/mol. The molecular weight excluding hydrogens is 260 g/mol.